The van der Waals surface area contributed by atoms with E-state index >= 15 is 0 Å². The van der Waals surface area contributed by atoms with Gasteiger partial charge in [-0.25, -0.2) is 4.98 Å². The molecule has 0 spiro atoms. The van der Waals surface area contributed by atoms with E-state index in [-0.39, 0.29) is 5.91 Å². The quantitative estimate of drug-likeness (QED) is 0.712. The Morgan fingerprint density at radius 3 is 2.79 bits per heavy atom. The maximum atomic E-state index is 12.3. The van der Waals surface area contributed by atoms with Gasteiger partial charge in [-0.2, -0.15) is 5.10 Å². The molecule has 1 aliphatic rings. The number of rotatable bonds is 5. The van der Waals surface area contributed by atoms with Gasteiger partial charge in [-0.3, -0.25) is 9.48 Å². The van der Waals surface area contributed by atoms with E-state index in [4.69, 9.17) is 9.47 Å². The van der Waals surface area contributed by atoms with Crippen molar-refractivity contribution in [3.8, 4) is 22.8 Å². The normalized spacial score (nSPS) is 12.8. The summed E-state index contributed by atoms with van der Waals surface area (Å²) in [5, 5.41) is 9.81. The van der Waals surface area contributed by atoms with Gasteiger partial charge in [0.05, 0.1) is 11.4 Å². The molecule has 0 atom stereocenters. The van der Waals surface area contributed by atoms with Crippen molar-refractivity contribution >= 4 is 22.4 Å². The fourth-order valence-electron chi connectivity index (χ4n) is 3.27. The first kappa shape index (κ1) is 18.5. The van der Waals surface area contributed by atoms with Crippen LogP contribution < -0.4 is 14.8 Å². The van der Waals surface area contributed by atoms with Crippen LogP contribution in [-0.4, -0.2) is 33.9 Å². The highest BCUT2D eigenvalue weighted by Gasteiger charge is 2.15. The number of anilines is 1. The number of thiazole rings is 1. The van der Waals surface area contributed by atoms with Gasteiger partial charge in [-0.1, -0.05) is 0 Å². The second-order valence-electron chi connectivity index (χ2n) is 6.72. The number of carbonyl (C=O) groups is 1. The highest BCUT2D eigenvalue weighted by molar-refractivity contribution is 7.14. The molecule has 0 saturated heterocycles. The maximum absolute atomic E-state index is 12.3. The van der Waals surface area contributed by atoms with E-state index in [1.165, 1.54) is 11.3 Å². The molecule has 3 aromatic rings. The van der Waals surface area contributed by atoms with Gasteiger partial charge in [0, 0.05) is 30.1 Å². The summed E-state index contributed by atoms with van der Waals surface area (Å²) in [5.41, 5.74) is 4.94. The molecule has 4 rings (SSSR count). The summed E-state index contributed by atoms with van der Waals surface area (Å²) in [7, 11) is 1.92. The largest absolute Gasteiger partial charge is 0.486 e. The van der Waals surface area contributed by atoms with Crippen LogP contribution in [-0.2, 0) is 18.3 Å². The van der Waals surface area contributed by atoms with Crippen LogP contribution in [0.1, 0.15) is 23.4 Å². The van der Waals surface area contributed by atoms with Gasteiger partial charge >= 0.3 is 0 Å². The van der Waals surface area contributed by atoms with Gasteiger partial charge in [0.2, 0.25) is 5.91 Å². The maximum Gasteiger partial charge on any atom is 0.226 e. The lowest BCUT2D eigenvalue weighted by Gasteiger charge is -2.18. The summed E-state index contributed by atoms with van der Waals surface area (Å²) < 4.78 is 13.0. The lowest BCUT2D eigenvalue weighted by atomic mass is 10.1. The molecule has 0 aliphatic carbocycles. The first-order valence-electron chi connectivity index (χ1n) is 9.16. The zero-order valence-corrected chi connectivity index (χ0v) is 16.9. The molecular weight excluding hydrogens is 376 g/mol. The third-order valence-corrected chi connectivity index (χ3v) is 5.61. The molecule has 7 nitrogen and oxygen atoms in total. The standard InChI is InChI=1S/C20H22N4O3S/c1-12-15(13(2)24(3)23-12)5-7-19(25)22-20-21-16(11-28-20)14-4-6-17-18(10-14)27-9-8-26-17/h4,6,10-11H,5,7-9H2,1-3H3,(H,21,22,25). The predicted molar refractivity (Wildman–Crippen MR) is 108 cm³/mol. The first-order chi connectivity index (χ1) is 13.5. The Bertz CT molecular complexity index is 1020. The summed E-state index contributed by atoms with van der Waals surface area (Å²) in [6.07, 6.45) is 1.06. The fraction of sp³-hybridized carbons (Fsp3) is 0.350. The molecule has 1 amide bonds. The smallest absolute Gasteiger partial charge is 0.226 e. The molecule has 0 unspecified atom stereocenters. The summed E-state index contributed by atoms with van der Waals surface area (Å²) in [5.74, 6) is 1.43. The van der Waals surface area contributed by atoms with Crippen LogP contribution in [0.5, 0.6) is 11.5 Å². The van der Waals surface area contributed by atoms with Crippen LogP contribution in [0.25, 0.3) is 11.3 Å². The summed E-state index contributed by atoms with van der Waals surface area (Å²) in [6.45, 7) is 5.11. The second kappa shape index (κ2) is 7.63. The van der Waals surface area contributed by atoms with E-state index in [0.717, 1.165) is 39.7 Å². The van der Waals surface area contributed by atoms with Crippen LogP contribution >= 0.6 is 11.3 Å². The fourth-order valence-corrected chi connectivity index (χ4v) is 4.00. The molecule has 1 aliphatic heterocycles. The van der Waals surface area contributed by atoms with Crippen molar-refractivity contribution in [3.63, 3.8) is 0 Å². The SMILES string of the molecule is Cc1nn(C)c(C)c1CCC(=O)Nc1nc(-c2ccc3c(c2)OCCO3)cs1. The Morgan fingerprint density at radius 2 is 2.04 bits per heavy atom. The molecule has 0 fully saturated rings. The molecular formula is C20H22N4O3S. The van der Waals surface area contributed by atoms with E-state index in [1.807, 2.05) is 49.2 Å². The molecule has 146 valence electrons. The third-order valence-electron chi connectivity index (χ3n) is 4.85. The average molecular weight is 398 g/mol. The Morgan fingerprint density at radius 1 is 1.25 bits per heavy atom. The summed E-state index contributed by atoms with van der Waals surface area (Å²) in [4.78, 5) is 16.9. The van der Waals surface area contributed by atoms with E-state index < -0.39 is 0 Å². The predicted octanol–water partition coefficient (Wildman–Crippen LogP) is 3.50. The number of aryl methyl sites for hydroxylation is 2. The molecule has 3 heterocycles. The molecule has 0 radical (unpaired) electrons. The minimum Gasteiger partial charge on any atom is -0.486 e. The Hall–Kier alpha value is -2.87. The first-order valence-corrected chi connectivity index (χ1v) is 10.0. The van der Waals surface area contributed by atoms with E-state index in [9.17, 15) is 4.79 Å². The van der Waals surface area contributed by atoms with E-state index in [0.29, 0.717) is 31.2 Å². The Balaban J connectivity index is 1.40. The number of hydrogen-bond donors (Lipinski definition) is 1. The van der Waals surface area contributed by atoms with Crippen molar-refractivity contribution in [3.05, 3.63) is 40.5 Å². The number of carbonyl (C=O) groups excluding carboxylic acids is 1. The minimum atomic E-state index is -0.0503. The van der Waals surface area contributed by atoms with Gasteiger partial charge in [0.15, 0.2) is 16.6 Å². The molecule has 28 heavy (non-hydrogen) atoms. The lowest BCUT2D eigenvalue weighted by molar-refractivity contribution is -0.116. The third kappa shape index (κ3) is 3.73. The van der Waals surface area contributed by atoms with Crippen molar-refractivity contribution in [2.75, 3.05) is 18.5 Å². The lowest BCUT2D eigenvalue weighted by Crippen LogP contribution is -2.15. The van der Waals surface area contributed by atoms with E-state index in [1.54, 1.807) is 0 Å². The van der Waals surface area contributed by atoms with Crippen LogP contribution in [0.3, 0.4) is 0 Å². The summed E-state index contributed by atoms with van der Waals surface area (Å²) in [6, 6.07) is 5.76. The van der Waals surface area contributed by atoms with Gasteiger partial charge in [0.25, 0.3) is 0 Å². The monoisotopic (exact) mass is 398 g/mol. The zero-order valence-electron chi connectivity index (χ0n) is 16.1. The van der Waals surface area contributed by atoms with Crippen LogP contribution in [0, 0.1) is 13.8 Å². The molecule has 0 saturated carbocycles. The Labute approximate surface area is 167 Å². The number of nitrogens with zero attached hydrogens (tertiary/aromatic N) is 3. The van der Waals surface area contributed by atoms with Crippen molar-refractivity contribution in [1.29, 1.82) is 0 Å². The minimum absolute atomic E-state index is 0.0503. The number of benzene rings is 1. The number of aromatic nitrogens is 3. The molecule has 1 N–H and O–H groups in total. The second-order valence-corrected chi connectivity index (χ2v) is 7.58. The molecule has 0 bridgehead atoms. The number of fused-ring (bicyclic) bond motifs is 1. The van der Waals surface area contributed by atoms with Crippen molar-refractivity contribution < 1.29 is 14.3 Å². The van der Waals surface area contributed by atoms with E-state index in [2.05, 4.69) is 15.4 Å². The van der Waals surface area contributed by atoms with Gasteiger partial charge in [-0.05, 0) is 44.0 Å². The van der Waals surface area contributed by atoms with Gasteiger partial charge < -0.3 is 14.8 Å². The number of ether oxygens (including phenoxy) is 2. The highest BCUT2D eigenvalue weighted by atomic mass is 32.1. The van der Waals surface area contributed by atoms with Crippen LogP contribution in [0.2, 0.25) is 0 Å². The molecule has 8 heteroatoms. The van der Waals surface area contributed by atoms with Crippen LogP contribution in [0.15, 0.2) is 23.6 Å². The zero-order chi connectivity index (χ0) is 19.7. The average Bonchev–Trinajstić information content (AvgIpc) is 3.24. The topological polar surface area (TPSA) is 78.3 Å². The van der Waals surface area contributed by atoms with Crippen molar-refractivity contribution in [2.24, 2.45) is 7.05 Å². The molecule has 2 aromatic heterocycles. The number of nitrogens with one attached hydrogen (secondary N) is 1. The number of hydrogen-bond acceptors (Lipinski definition) is 6. The molecule has 1 aromatic carbocycles. The number of amides is 1. The van der Waals surface area contributed by atoms with Gasteiger partial charge in [0.1, 0.15) is 13.2 Å². The van der Waals surface area contributed by atoms with Crippen molar-refractivity contribution in [2.45, 2.75) is 26.7 Å². The van der Waals surface area contributed by atoms with Crippen LogP contribution in [0.4, 0.5) is 5.13 Å². The summed E-state index contributed by atoms with van der Waals surface area (Å²) >= 11 is 1.41. The Kier molecular flexibility index (Phi) is 5.04. The van der Waals surface area contributed by atoms with Crippen molar-refractivity contribution in [1.82, 2.24) is 14.8 Å². The highest BCUT2D eigenvalue weighted by Crippen LogP contribution is 2.35. The van der Waals surface area contributed by atoms with Gasteiger partial charge in [-0.15, -0.1) is 11.3 Å².